The molecule has 16 heavy (non-hydrogen) atoms. The van der Waals surface area contributed by atoms with E-state index in [2.05, 4.69) is 33.0 Å². The number of rotatable bonds is 4. The van der Waals surface area contributed by atoms with Gasteiger partial charge in [-0.15, -0.1) is 0 Å². The predicted molar refractivity (Wildman–Crippen MR) is 66.9 cm³/mol. The van der Waals surface area contributed by atoms with Crippen LogP contribution in [0.15, 0.2) is 0 Å². The SMILES string of the molecule is CC(C)C[C@H](N)C(=O)NC1CCC(C)C1C. The summed E-state index contributed by atoms with van der Waals surface area (Å²) < 4.78 is 0. The number of carbonyl (C=O) groups excluding carboxylic acids is 1. The molecule has 1 saturated carbocycles. The van der Waals surface area contributed by atoms with Crippen LogP contribution < -0.4 is 11.1 Å². The fourth-order valence-electron chi connectivity index (χ4n) is 2.47. The molecule has 0 bridgehead atoms. The smallest absolute Gasteiger partial charge is 0.237 e. The van der Waals surface area contributed by atoms with Crippen molar-refractivity contribution in [2.24, 2.45) is 23.5 Å². The van der Waals surface area contributed by atoms with Gasteiger partial charge in [0.25, 0.3) is 0 Å². The van der Waals surface area contributed by atoms with Gasteiger partial charge in [-0.3, -0.25) is 4.79 Å². The van der Waals surface area contributed by atoms with E-state index in [9.17, 15) is 4.79 Å². The molecule has 0 aromatic heterocycles. The lowest BCUT2D eigenvalue weighted by Crippen LogP contribution is -2.47. The Hall–Kier alpha value is -0.570. The third-order valence-electron chi connectivity index (χ3n) is 3.86. The van der Waals surface area contributed by atoms with Gasteiger partial charge >= 0.3 is 0 Å². The molecular weight excluding hydrogens is 200 g/mol. The van der Waals surface area contributed by atoms with Crippen molar-refractivity contribution in [2.45, 2.75) is 59.0 Å². The number of hydrogen-bond donors (Lipinski definition) is 2. The zero-order valence-corrected chi connectivity index (χ0v) is 11.0. The van der Waals surface area contributed by atoms with Crippen LogP contribution in [0.2, 0.25) is 0 Å². The Morgan fingerprint density at radius 1 is 1.38 bits per heavy atom. The molecule has 3 nitrogen and oxygen atoms in total. The highest BCUT2D eigenvalue weighted by Gasteiger charge is 2.31. The lowest BCUT2D eigenvalue weighted by molar-refractivity contribution is -0.123. The second kappa shape index (κ2) is 5.67. The van der Waals surface area contributed by atoms with E-state index in [1.54, 1.807) is 0 Å². The van der Waals surface area contributed by atoms with Crippen molar-refractivity contribution in [1.29, 1.82) is 0 Å². The molecule has 0 aromatic rings. The molecule has 0 radical (unpaired) electrons. The zero-order valence-electron chi connectivity index (χ0n) is 11.0. The van der Waals surface area contributed by atoms with Gasteiger partial charge in [0, 0.05) is 6.04 Å². The molecule has 1 rings (SSSR count). The van der Waals surface area contributed by atoms with Crippen LogP contribution in [-0.4, -0.2) is 18.0 Å². The third-order valence-corrected chi connectivity index (χ3v) is 3.86. The summed E-state index contributed by atoms with van der Waals surface area (Å²) in [4.78, 5) is 11.9. The summed E-state index contributed by atoms with van der Waals surface area (Å²) in [6, 6.07) is -0.0104. The number of nitrogens with one attached hydrogen (secondary N) is 1. The Morgan fingerprint density at radius 3 is 2.44 bits per heavy atom. The molecule has 4 atom stereocenters. The first-order chi connectivity index (χ1) is 7.41. The molecule has 1 aliphatic rings. The van der Waals surface area contributed by atoms with Crippen molar-refractivity contribution in [3.63, 3.8) is 0 Å². The minimum atomic E-state index is -0.344. The Kier molecular flexibility index (Phi) is 4.78. The molecule has 94 valence electrons. The van der Waals surface area contributed by atoms with E-state index in [1.807, 2.05) is 0 Å². The average Bonchev–Trinajstić information content (AvgIpc) is 2.48. The molecule has 1 amide bonds. The summed E-state index contributed by atoms with van der Waals surface area (Å²) in [5.41, 5.74) is 5.86. The van der Waals surface area contributed by atoms with Crippen LogP contribution in [0, 0.1) is 17.8 Å². The van der Waals surface area contributed by atoms with Crippen molar-refractivity contribution >= 4 is 5.91 Å². The van der Waals surface area contributed by atoms with Crippen molar-refractivity contribution in [2.75, 3.05) is 0 Å². The fraction of sp³-hybridized carbons (Fsp3) is 0.923. The van der Waals surface area contributed by atoms with Crippen molar-refractivity contribution < 1.29 is 4.79 Å². The van der Waals surface area contributed by atoms with Crippen LogP contribution in [0.5, 0.6) is 0 Å². The molecule has 0 spiro atoms. The second-order valence-electron chi connectivity index (χ2n) is 5.76. The maximum atomic E-state index is 11.9. The maximum absolute atomic E-state index is 11.9. The minimum absolute atomic E-state index is 0.0275. The summed E-state index contributed by atoms with van der Waals surface area (Å²) in [5.74, 6) is 1.79. The summed E-state index contributed by atoms with van der Waals surface area (Å²) in [7, 11) is 0. The number of hydrogen-bond acceptors (Lipinski definition) is 2. The highest BCUT2D eigenvalue weighted by Crippen LogP contribution is 2.31. The molecule has 3 N–H and O–H groups in total. The van der Waals surface area contributed by atoms with Gasteiger partial charge in [0.1, 0.15) is 0 Å². The Morgan fingerprint density at radius 2 is 2.00 bits per heavy atom. The first kappa shape index (κ1) is 13.5. The first-order valence-corrected chi connectivity index (χ1v) is 6.47. The van der Waals surface area contributed by atoms with Gasteiger partial charge in [-0.2, -0.15) is 0 Å². The van der Waals surface area contributed by atoms with E-state index in [0.717, 1.165) is 12.8 Å². The van der Waals surface area contributed by atoms with E-state index < -0.39 is 0 Å². The highest BCUT2D eigenvalue weighted by molar-refractivity contribution is 5.81. The number of amides is 1. The molecule has 0 saturated heterocycles. The molecule has 1 fully saturated rings. The van der Waals surface area contributed by atoms with E-state index in [4.69, 9.17) is 5.73 Å². The molecule has 3 heteroatoms. The normalized spacial score (nSPS) is 31.8. The second-order valence-corrected chi connectivity index (χ2v) is 5.76. The Bertz CT molecular complexity index is 240. The van der Waals surface area contributed by atoms with Crippen LogP contribution in [0.1, 0.15) is 47.0 Å². The summed E-state index contributed by atoms with van der Waals surface area (Å²) in [6.45, 7) is 8.66. The van der Waals surface area contributed by atoms with Crippen LogP contribution in [-0.2, 0) is 4.79 Å². The minimum Gasteiger partial charge on any atom is -0.352 e. The molecule has 0 heterocycles. The highest BCUT2D eigenvalue weighted by atomic mass is 16.2. The third kappa shape index (κ3) is 3.48. The van der Waals surface area contributed by atoms with Crippen LogP contribution in [0.3, 0.4) is 0 Å². The molecule has 3 unspecified atom stereocenters. The topological polar surface area (TPSA) is 55.1 Å². The summed E-state index contributed by atoms with van der Waals surface area (Å²) >= 11 is 0. The fourth-order valence-corrected chi connectivity index (χ4v) is 2.47. The van der Waals surface area contributed by atoms with Crippen molar-refractivity contribution in [1.82, 2.24) is 5.32 Å². The number of nitrogens with two attached hydrogens (primary N) is 1. The average molecular weight is 226 g/mol. The largest absolute Gasteiger partial charge is 0.352 e. The van der Waals surface area contributed by atoms with E-state index in [0.29, 0.717) is 23.8 Å². The molecule has 1 aliphatic carbocycles. The van der Waals surface area contributed by atoms with Crippen molar-refractivity contribution in [3.05, 3.63) is 0 Å². The van der Waals surface area contributed by atoms with E-state index in [1.165, 1.54) is 6.42 Å². The van der Waals surface area contributed by atoms with E-state index >= 15 is 0 Å². The summed E-state index contributed by atoms with van der Waals surface area (Å²) in [5, 5.41) is 3.10. The maximum Gasteiger partial charge on any atom is 0.237 e. The monoisotopic (exact) mass is 226 g/mol. The van der Waals surface area contributed by atoms with Crippen LogP contribution in [0.4, 0.5) is 0 Å². The van der Waals surface area contributed by atoms with Gasteiger partial charge in [0.15, 0.2) is 0 Å². The molecular formula is C13H26N2O. The predicted octanol–water partition coefficient (Wildman–Crippen LogP) is 1.91. The first-order valence-electron chi connectivity index (χ1n) is 6.47. The van der Waals surface area contributed by atoms with Gasteiger partial charge in [-0.25, -0.2) is 0 Å². The summed E-state index contributed by atoms with van der Waals surface area (Å²) in [6.07, 6.45) is 3.08. The van der Waals surface area contributed by atoms with Crippen LogP contribution >= 0.6 is 0 Å². The lowest BCUT2D eigenvalue weighted by Gasteiger charge is -2.22. The van der Waals surface area contributed by atoms with Gasteiger partial charge in [0.2, 0.25) is 5.91 Å². The quantitative estimate of drug-likeness (QED) is 0.769. The van der Waals surface area contributed by atoms with Crippen molar-refractivity contribution in [3.8, 4) is 0 Å². The van der Waals surface area contributed by atoms with Gasteiger partial charge < -0.3 is 11.1 Å². The Labute approximate surface area is 99.2 Å². The van der Waals surface area contributed by atoms with Gasteiger partial charge in [-0.1, -0.05) is 27.7 Å². The molecule has 0 aliphatic heterocycles. The lowest BCUT2D eigenvalue weighted by atomic mass is 9.97. The number of carbonyl (C=O) groups is 1. The van der Waals surface area contributed by atoms with Gasteiger partial charge in [-0.05, 0) is 37.0 Å². The molecule has 0 aromatic carbocycles. The Balaban J connectivity index is 2.39. The van der Waals surface area contributed by atoms with E-state index in [-0.39, 0.29) is 11.9 Å². The van der Waals surface area contributed by atoms with Gasteiger partial charge in [0.05, 0.1) is 6.04 Å². The van der Waals surface area contributed by atoms with Crippen LogP contribution in [0.25, 0.3) is 0 Å². The zero-order chi connectivity index (χ0) is 12.3. The standard InChI is InChI=1S/C13H26N2O/c1-8(2)7-11(14)13(16)15-12-6-5-9(3)10(12)4/h8-12H,5-7,14H2,1-4H3,(H,15,16)/t9?,10?,11-,12?/m0/s1.